The van der Waals surface area contributed by atoms with Gasteiger partial charge in [0.05, 0.1) is 0 Å². The second-order valence-electron chi connectivity index (χ2n) is 2.95. The summed E-state index contributed by atoms with van der Waals surface area (Å²) in [4.78, 5) is 3.85. The summed E-state index contributed by atoms with van der Waals surface area (Å²) in [6.45, 7) is 0. The highest BCUT2D eigenvalue weighted by Gasteiger charge is 2.35. The van der Waals surface area contributed by atoms with Crippen LogP contribution in [0, 0.1) is 0 Å². The molecule has 0 fully saturated rings. The van der Waals surface area contributed by atoms with Gasteiger partial charge >= 0.3 is 6.18 Å². The van der Waals surface area contributed by atoms with Crippen LogP contribution in [0.25, 0.3) is 5.82 Å². The Labute approximate surface area is 93.5 Å². The van der Waals surface area contributed by atoms with Gasteiger partial charge in [0.25, 0.3) is 0 Å². The zero-order chi connectivity index (χ0) is 11.8. The molecular formula is C9H5ClF3N3. The maximum absolute atomic E-state index is 12.3. The maximum atomic E-state index is 12.3. The minimum atomic E-state index is -4.51. The average molecular weight is 248 g/mol. The smallest absolute Gasteiger partial charge is 0.237 e. The molecule has 0 aliphatic heterocycles. The van der Waals surface area contributed by atoms with Gasteiger partial charge in [0.15, 0.2) is 11.5 Å². The second kappa shape index (κ2) is 3.79. The summed E-state index contributed by atoms with van der Waals surface area (Å²) < 4.78 is 38.0. The molecule has 2 heterocycles. The summed E-state index contributed by atoms with van der Waals surface area (Å²) in [6.07, 6.45) is -3.07. The number of halogens is 4. The van der Waals surface area contributed by atoms with Crippen LogP contribution in [0.5, 0.6) is 0 Å². The molecule has 16 heavy (non-hydrogen) atoms. The molecule has 0 radical (unpaired) electrons. The van der Waals surface area contributed by atoms with Crippen LogP contribution in [0.4, 0.5) is 13.2 Å². The third kappa shape index (κ3) is 2.01. The molecule has 0 aromatic carbocycles. The number of alkyl halides is 3. The fourth-order valence-corrected chi connectivity index (χ4v) is 1.36. The highest BCUT2D eigenvalue weighted by Crippen LogP contribution is 2.30. The van der Waals surface area contributed by atoms with E-state index in [2.05, 4.69) is 10.1 Å². The molecular weight excluding hydrogens is 243 g/mol. The number of pyridine rings is 1. The van der Waals surface area contributed by atoms with Crippen LogP contribution in [0.15, 0.2) is 30.5 Å². The third-order valence-corrected chi connectivity index (χ3v) is 2.09. The lowest BCUT2D eigenvalue weighted by Gasteiger charge is -2.01. The van der Waals surface area contributed by atoms with Crippen molar-refractivity contribution in [3.8, 4) is 5.82 Å². The minimum absolute atomic E-state index is 0.133. The number of aromatic nitrogens is 3. The van der Waals surface area contributed by atoms with Gasteiger partial charge in [0, 0.05) is 12.3 Å². The van der Waals surface area contributed by atoms with Crippen LogP contribution in [0.2, 0.25) is 5.15 Å². The molecule has 0 bridgehead atoms. The van der Waals surface area contributed by atoms with Crippen molar-refractivity contribution in [2.45, 2.75) is 6.18 Å². The first kappa shape index (κ1) is 10.9. The van der Waals surface area contributed by atoms with Crippen molar-refractivity contribution >= 4 is 11.6 Å². The lowest BCUT2D eigenvalue weighted by molar-refractivity contribution is -0.141. The van der Waals surface area contributed by atoms with Crippen LogP contribution in [0.3, 0.4) is 0 Å². The van der Waals surface area contributed by atoms with E-state index >= 15 is 0 Å². The number of rotatable bonds is 1. The van der Waals surface area contributed by atoms with Crippen LogP contribution < -0.4 is 0 Å². The first-order valence-corrected chi connectivity index (χ1v) is 4.60. The van der Waals surface area contributed by atoms with E-state index in [1.54, 1.807) is 12.1 Å². The largest absolute Gasteiger partial charge is 0.435 e. The standard InChI is InChI=1S/C9H5ClF3N3/c10-7-5-6(9(11,12)13)15-16(7)8-3-1-2-4-14-8/h1-5H. The second-order valence-corrected chi connectivity index (χ2v) is 3.34. The molecule has 2 rings (SSSR count). The van der Waals surface area contributed by atoms with Gasteiger partial charge in [-0.1, -0.05) is 17.7 Å². The highest BCUT2D eigenvalue weighted by molar-refractivity contribution is 6.29. The summed E-state index contributed by atoms with van der Waals surface area (Å²) in [5.74, 6) is 0.239. The zero-order valence-corrected chi connectivity index (χ0v) is 8.50. The normalized spacial score (nSPS) is 11.8. The Balaban J connectivity index is 2.48. The van der Waals surface area contributed by atoms with Crippen molar-refractivity contribution in [2.24, 2.45) is 0 Å². The average Bonchev–Trinajstić information content (AvgIpc) is 2.61. The van der Waals surface area contributed by atoms with Gasteiger partial charge < -0.3 is 0 Å². The molecule has 2 aromatic rings. The van der Waals surface area contributed by atoms with Crippen LogP contribution in [-0.4, -0.2) is 14.8 Å². The van der Waals surface area contributed by atoms with Crippen molar-refractivity contribution in [1.82, 2.24) is 14.8 Å². The number of hydrogen-bond acceptors (Lipinski definition) is 2. The fourth-order valence-electron chi connectivity index (χ4n) is 1.14. The van der Waals surface area contributed by atoms with Crippen molar-refractivity contribution in [3.05, 3.63) is 41.3 Å². The Kier molecular flexibility index (Phi) is 2.59. The van der Waals surface area contributed by atoms with Crippen LogP contribution in [0.1, 0.15) is 5.69 Å². The predicted molar refractivity (Wildman–Crippen MR) is 51.4 cm³/mol. The van der Waals surface area contributed by atoms with Gasteiger partial charge in [-0.25, -0.2) is 9.67 Å². The molecule has 0 N–H and O–H groups in total. The van der Waals surface area contributed by atoms with E-state index in [0.29, 0.717) is 0 Å². The Bertz CT molecular complexity index is 492. The molecule has 3 nitrogen and oxygen atoms in total. The molecule has 84 valence electrons. The van der Waals surface area contributed by atoms with Gasteiger partial charge in [0.1, 0.15) is 5.15 Å². The first-order valence-electron chi connectivity index (χ1n) is 4.22. The maximum Gasteiger partial charge on any atom is 0.435 e. The summed E-state index contributed by atoms with van der Waals surface area (Å²) in [7, 11) is 0. The van der Waals surface area contributed by atoms with Crippen molar-refractivity contribution < 1.29 is 13.2 Å². The number of hydrogen-bond donors (Lipinski definition) is 0. The van der Waals surface area contributed by atoms with E-state index < -0.39 is 11.9 Å². The third-order valence-electron chi connectivity index (χ3n) is 1.82. The van der Waals surface area contributed by atoms with Crippen LogP contribution in [-0.2, 0) is 6.18 Å². The summed E-state index contributed by atoms with van der Waals surface area (Å²) in [5.41, 5.74) is -1.04. The van der Waals surface area contributed by atoms with Crippen molar-refractivity contribution in [1.29, 1.82) is 0 Å². The lowest BCUT2D eigenvalue weighted by atomic mass is 10.4. The monoisotopic (exact) mass is 247 g/mol. The first-order chi connectivity index (χ1) is 7.48. The minimum Gasteiger partial charge on any atom is -0.237 e. The molecule has 0 saturated heterocycles. The lowest BCUT2D eigenvalue weighted by Crippen LogP contribution is -2.07. The van der Waals surface area contributed by atoms with Gasteiger partial charge in [-0.3, -0.25) is 0 Å². The molecule has 7 heteroatoms. The molecule has 0 aliphatic carbocycles. The van der Waals surface area contributed by atoms with Gasteiger partial charge in [0.2, 0.25) is 0 Å². The fraction of sp³-hybridized carbons (Fsp3) is 0.111. The van der Waals surface area contributed by atoms with E-state index in [-0.39, 0.29) is 11.0 Å². The summed E-state index contributed by atoms with van der Waals surface area (Å²) >= 11 is 5.65. The molecule has 2 aromatic heterocycles. The van der Waals surface area contributed by atoms with Crippen molar-refractivity contribution in [2.75, 3.05) is 0 Å². The van der Waals surface area contributed by atoms with E-state index in [4.69, 9.17) is 11.6 Å². The summed E-state index contributed by atoms with van der Waals surface area (Å²) in [6, 6.07) is 5.55. The summed E-state index contributed by atoms with van der Waals surface area (Å²) in [5, 5.41) is 3.22. The van der Waals surface area contributed by atoms with Gasteiger partial charge in [-0.05, 0) is 12.1 Å². The van der Waals surface area contributed by atoms with Crippen molar-refractivity contribution in [3.63, 3.8) is 0 Å². The molecule has 0 amide bonds. The highest BCUT2D eigenvalue weighted by atomic mass is 35.5. The van der Waals surface area contributed by atoms with E-state index in [1.165, 1.54) is 12.3 Å². The van der Waals surface area contributed by atoms with E-state index in [0.717, 1.165) is 10.7 Å². The molecule has 0 atom stereocenters. The Morgan fingerprint density at radius 3 is 2.50 bits per heavy atom. The zero-order valence-electron chi connectivity index (χ0n) is 7.74. The number of nitrogens with zero attached hydrogens (tertiary/aromatic N) is 3. The molecule has 0 saturated carbocycles. The Hall–Kier alpha value is -1.56. The topological polar surface area (TPSA) is 30.7 Å². The Morgan fingerprint density at radius 2 is 2.00 bits per heavy atom. The van der Waals surface area contributed by atoms with Gasteiger partial charge in [-0.2, -0.15) is 18.3 Å². The SMILES string of the molecule is FC(F)(F)c1cc(Cl)n(-c2ccccn2)n1. The molecule has 0 unspecified atom stereocenters. The predicted octanol–water partition coefficient (Wildman–Crippen LogP) is 2.94. The van der Waals surface area contributed by atoms with E-state index in [9.17, 15) is 13.2 Å². The van der Waals surface area contributed by atoms with Crippen LogP contribution >= 0.6 is 11.6 Å². The molecule has 0 spiro atoms. The quantitative estimate of drug-likeness (QED) is 0.776. The Morgan fingerprint density at radius 1 is 1.25 bits per heavy atom. The van der Waals surface area contributed by atoms with E-state index in [1.807, 2.05) is 0 Å². The molecule has 0 aliphatic rings. The van der Waals surface area contributed by atoms with Gasteiger partial charge in [-0.15, -0.1) is 0 Å².